The number of nitrogens with zero attached hydrogens (tertiary/aromatic N) is 2. The van der Waals surface area contributed by atoms with Crippen LogP contribution in [0.1, 0.15) is 31.2 Å². The standard InChI is InChI=1S/C27H32N4O6/c1-36-23-12-5-2-8-19(23)16-28-24(32)13-6-14-30-26(34)21-10-3-4-11-22(21)31(27(30)35)18-25(33)29-17-20-9-7-15-37-20/h2-5,8,10-12,20H,6-7,9,13-18H2,1H3,(H,28,32)(H,29,33). The molecule has 2 amide bonds. The lowest BCUT2D eigenvalue weighted by Crippen LogP contribution is -2.43. The highest BCUT2D eigenvalue weighted by Crippen LogP contribution is 2.16. The van der Waals surface area contributed by atoms with Gasteiger partial charge >= 0.3 is 5.69 Å². The lowest BCUT2D eigenvalue weighted by Gasteiger charge is -2.15. The van der Waals surface area contributed by atoms with Crippen LogP contribution in [0.25, 0.3) is 10.9 Å². The molecule has 0 aliphatic carbocycles. The van der Waals surface area contributed by atoms with Gasteiger partial charge in [-0.25, -0.2) is 4.79 Å². The summed E-state index contributed by atoms with van der Waals surface area (Å²) in [4.78, 5) is 51.3. The zero-order valence-electron chi connectivity index (χ0n) is 20.9. The Morgan fingerprint density at radius 1 is 1.03 bits per heavy atom. The van der Waals surface area contributed by atoms with Gasteiger partial charge in [-0.05, 0) is 37.5 Å². The van der Waals surface area contributed by atoms with E-state index in [9.17, 15) is 19.2 Å². The van der Waals surface area contributed by atoms with Crippen molar-refractivity contribution in [2.24, 2.45) is 0 Å². The van der Waals surface area contributed by atoms with E-state index in [0.29, 0.717) is 36.3 Å². The summed E-state index contributed by atoms with van der Waals surface area (Å²) in [6.45, 7) is 1.23. The minimum atomic E-state index is -0.578. The Bertz CT molecular complexity index is 1370. The van der Waals surface area contributed by atoms with Gasteiger partial charge in [0.05, 0.1) is 24.1 Å². The van der Waals surface area contributed by atoms with Crippen molar-refractivity contribution in [3.63, 3.8) is 0 Å². The third-order valence-electron chi connectivity index (χ3n) is 6.44. The molecule has 1 fully saturated rings. The molecule has 1 saturated heterocycles. The minimum Gasteiger partial charge on any atom is -0.496 e. The van der Waals surface area contributed by atoms with Gasteiger partial charge in [0.2, 0.25) is 11.8 Å². The number of aromatic nitrogens is 2. The fraction of sp³-hybridized carbons (Fsp3) is 0.407. The van der Waals surface area contributed by atoms with Crippen molar-refractivity contribution in [3.05, 3.63) is 74.9 Å². The minimum absolute atomic E-state index is 0.0134. The van der Waals surface area contributed by atoms with Crippen molar-refractivity contribution >= 4 is 22.7 Å². The van der Waals surface area contributed by atoms with Gasteiger partial charge in [-0.3, -0.25) is 23.5 Å². The first kappa shape index (κ1) is 26.2. The molecule has 0 radical (unpaired) electrons. The summed E-state index contributed by atoms with van der Waals surface area (Å²) in [6.07, 6.45) is 2.27. The average molecular weight is 509 g/mol. The number of carbonyl (C=O) groups is 2. The Morgan fingerprint density at radius 2 is 1.81 bits per heavy atom. The Balaban J connectivity index is 1.42. The fourth-order valence-corrected chi connectivity index (χ4v) is 4.48. The van der Waals surface area contributed by atoms with Crippen molar-refractivity contribution in [2.45, 2.75) is 51.4 Å². The number of carbonyl (C=O) groups excluding carboxylic acids is 2. The molecule has 2 heterocycles. The normalized spacial score (nSPS) is 15.0. The second-order valence-corrected chi connectivity index (χ2v) is 8.97. The summed E-state index contributed by atoms with van der Waals surface area (Å²) in [5.41, 5.74) is 0.233. The van der Waals surface area contributed by atoms with Gasteiger partial charge in [-0.1, -0.05) is 30.3 Å². The van der Waals surface area contributed by atoms with Crippen molar-refractivity contribution in [1.82, 2.24) is 19.8 Å². The number of benzene rings is 2. The number of para-hydroxylation sites is 2. The van der Waals surface area contributed by atoms with Gasteiger partial charge in [0.25, 0.3) is 5.56 Å². The maximum absolute atomic E-state index is 13.3. The molecule has 1 unspecified atom stereocenters. The van der Waals surface area contributed by atoms with Crippen LogP contribution in [0.4, 0.5) is 0 Å². The molecule has 0 bridgehead atoms. The fourth-order valence-electron chi connectivity index (χ4n) is 4.48. The first-order valence-electron chi connectivity index (χ1n) is 12.5. The summed E-state index contributed by atoms with van der Waals surface area (Å²) in [5.74, 6) is 0.156. The van der Waals surface area contributed by atoms with Gasteiger partial charge in [-0.2, -0.15) is 0 Å². The third kappa shape index (κ3) is 6.45. The van der Waals surface area contributed by atoms with Crippen molar-refractivity contribution in [3.8, 4) is 5.75 Å². The van der Waals surface area contributed by atoms with Crippen LogP contribution in [0.3, 0.4) is 0 Å². The molecular formula is C27H32N4O6. The van der Waals surface area contributed by atoms with Gasteiger partial charge in [-0.15, -0.1) is 0 Å². The van der Waals surface area contributed by atoms with Crippen LogP contribution in [0.15, 0.2) is 58.1 Å². The Morgan fingerprint density at radius 3 is 2.59 bits per heavy atom. The number of nitrogens with one attached hydrogen (secondary N) is 2. The average Bonchev–Trinajstić information content (AvgIpc) is 3.44. The van der Waals surface area contributed by atoms with E-state index in [1.54, 1.807) is 31.4 Å². The van der Waals surface area contributed by atoms with Crippen molar-refractivity contribution in [2.75, 3.05) is 20.3 Å². The van der Waals surface area contributed by atoms with E-state index in [1.807, 2.05) is 24.3 Å². The van der Waals surface area contributed by atoms with Crippen LogP contribution < -0.4 is 26.6 Å². The van der Waals surface area contributed by atoms with E-state index in [4.69, 9.17) is 9.47 Å². The summed E-state index contributed by atoms with van der Waals surface area (Å²) < 4.78 is 13.2. The van der Waals surface area contributed by atoms with Gasteiger partial charge < -0.3 is 20.1 Å². The predicted molar refractivity (Wildman–Crippen MR) is 139 cm³/mol. The number of hydrogen-bond donors (Lipinski definition) is 2. The van der Waals surface area contributed by atoms with Gasteiger partial charge in [0, 0.05) is 38.2 Å². The number of methoxy groups -OCH3 is 1. The largest absolute Gasteiger partial charge is 0.496 e. The van der Waals surface area contributed by atoms with E-state index >= 15 is 0 Å². The number of amides is 2. The number of hydrogen-bond acceptors (Lipinski definition) is 6. The SMILES string of the molecule is COc1ccccc1CNC(=O)CCCn1c(=O)c2ccccc2n(CC(=O)NCC2CCCO2)c1=O. The van der Waals surface area contributed by atoms with E-state index in [-0.39, 0.29) is 43.8 Å². The van der Waals surface area contributed by atoms with Crippen LogP contribution in [-0.4, -0.2) is 47.3 Å². The first-order valence-corrected chi connectivity index (χ1v) is 12.5. The molecular weight excluding hydrogens is 476 g/mol. The molecule has 0 saturated carbocycles. The summed E-state index contributed by atoms with van der Waals surface area (Å²) in [7, 11) is 1.57. The van der Waals surface area contributed by atoms with Crippen LogP contribution in [0, 0.1) is 0 Å². The molecule has 1 aliphatic rings. The maximum atomic E-state index is 13.3. The number of fused-ring (bicyclic) bond motifs is 1. The van der Waals surface area contributed by atoms with Crippen molar-refractivity contribution in [1.29, 1.82) is 0 Å². The highest BCUT2D eigenvalue weighted by Gasteiger charge is 2.18. The van der Waals surface area contributed by atoms with E-state index < -0.39 is 11.2 Å². The van der Waals surface area contributed by atoms with Gasteiger partial charge in [0.15, 0.2) is 0 Å². The topological polar surface area (TPSA) is 121 Å². The smallest absolute Gasteiger partial charge is 0.331 e. The molecule has 10 nitrogen and oxygen atoms in total. The Hall–Kier alpha value is -3.92. The third-order valence-corrected chi connectivity index (χ3v) is 6.44. The molecule has 0 spiro atoms. The second kappa shape index (κ2) is 12.4. The van der Waals surface area contributed by atoms with E-state index in [1.165, 1.54) is 4.57 Å². The molecule has 2 N–H and O–H groups in total. The Labute approximate surface area is 214 Å². The molecule has 3 aromatic rings. The quantitative estimate of drug-likeness (QED) is 0.406. The molecule has 1 aliphatic heterocycles. The number of rotatable bonds is 11. The van der Waals surface area contributed by atoms with Crippen LogP contribution in [0.2, 0.25) is 0 Å². The lowest BCUT2D eigenvalue weighted by molar-refractivity contribution is -0.122. The molecule has 196 valence electrons. The summed E-state index contributed by atoms with van der Waals surface area (Å²) in [6, 6.07) is 14.1. The highest BCUT2D eigenvalue weighted by atomic mass is 16.5. The first-order chi connectivity index (χ1) is 18.0. The van der Waals surface area contributed by atoms with Gasteiger partial charge in [0.1, 0.15) is 12.3 Å². The molecule has 2 aromatic carbocycles. The van der Waals surface area contributed by atoms with E-state index in [0.717, 1.165) is 23.0 Å². The van der Waals surface area contributed by atoms with Crippen LogP contribution in [0.5, 0.6) is 5.75 Å². The maximum Gasteiger partial charge on any atom is 0.331 e. The number of ether oxygens (including phenoxy) is 2. The van der Waals surface area contributed by atoms with Crippen LogP contribution in [-0.2, 0) is 34.0 Å². The Kier molecular flexibility index (Phi) is 8.73. The monoisotopic (exact) mass is 508 g/mol. The lowest BCUT2D eigenvalue weighted by atomic mass is 10.2. The molecule has 4 rings (SSSR count). The highest BCUT2D eigenvalue weighted by molar-refractivity contribution is 5.81. The molecule has 10 heteroatoms. The van der Waals surface area contributed by atoms with E-state index in [2.05, 4.69) is 10.6 Å². The summed E-state index contributed by atoms with van der Waals surface area (Å²) >= 11 is 0. The molecule has 1 atom stereocenters. The van der Waals surface area contributed by atoms with Crippen molar-refractivity contribution < 1.29 is 19.1 Å². The van der Waals surface area contributed by atoms with Crippen LogP contribution >= 0.6 is 0 Å². The second-order valence-electron chi connectivity index (χ2n) is 8.97. The zero-order valence-corrected chi connectivity index (χ0v) is 20.9. The molecule has 1 aromatic heterocycles. The summed E-state index contributed by atoms with van der Waals surface area (Å²) in [5, 5.41) is 6.00. The molecule has 37 heavy (non-hydrogen) atoms. The predicted octanol–water partition coefficient (Wildman–Crippen LogP) is 1.56. The zero-order chi connectivity index (χ0) is 26.2.